The zero-order valence-corrected chi connectivity index (χ0v) is 73.4. The molecule has 11 saturated heterocycles. The third kappa shape index (κ3) is 24.9. The molecule has 0 radical (unpaired) electrons. The first-order valence-electron chi connectivity index (χ1n) is 43.5. The molecule has 1 unspecified atom stereocenters. The molecule has 11 aliphatic rings. The van der Waals surface area contributed by atoms with Crippen LogP contribution in [-0.2, 0) is 123 Å². The summed E-state index contributed by atoms with van der Waals surface area (Å²) in [7, 11) is 0. The lowest BCUT2D eigenvalue weighted by Crippen LogP contribution is -2.71. The van der Waals surface area contributed by atoms with Gasteiger partial charge < -0.3 is 274 Å². The Kier molecular flexibility index (Phi) is 40.1. The predicted octanol–water partition coefficient (Wildman–Crippen LogP) is -23.2. The quantitative estimate of drug-likeness (QED) is 0.0280. The summed E-state index contributed by atoms with van der Waals surface area (Å²) in [6.07, 6.45) is -106. The van der Waals surface area contributed by atoms with Crippen molar-refractivity contribution in [2.45, 2.75) is 379 Å². The summed E-state index contributed by atoms with van der Waals surface area (Å²) in [6, 6.07) is -9.64. The number of amides is 5. The van der Waals surface area contributed by atoms with Crippen molar-refractivity contribution in [1.82, 2.24) is 26.6 Å². The lowest BCUT2D eigenvalue weighted by Gasteiger charge is -2.51. The summed E-state index contributed by atoms with van der Waals surface area (Å²) in [5.41, 5.74) is 0. The Labute approximate surface area is 770 Å². The minimum Gasteiger partial charge on any atom is -0.394 e. The van der Waals surface area contributed by atoms with E-state index in [0.717, 1.165) is 34.6 Å². The number of aliphatic hydroxyl groups is 29. The zero-order chi connectivity index (χ0) is 100. The summed E-state index contributed by atoms with van der Waals surface area (Å²) in [4.78, 5) is 64.8. The molecule has 11 fully saturated rings. The fraction of sp³-hybridized carbons (Fsp3) is 0.934. The van der Waals surface area contributed by atoms with Gasteiger partial charge in [0.2, 0.25) is 29.5 Å². The lowest BCUT2D eigenvalue weighted by molar-refractivity contribution is -0.397. The molecule has 11 rings (SSSR count). The first-order valence-corrected chi connectivity index (χ1v) is 43.5. The second-order valence-electron chi connectivity index (χ2n) is 34.6. The topological polar surface area (TPSA) is 926 Å². The van der Waals surface area contributed by atoms with Gasteiger partial charge in [0.1, 0.15) is 262 Å². The standard InChI is InChI=1S/C76H127N5O55/c1-17-38(94)50(106)55(111)71(119-17)117-16-32-62(46(102)33(66(115)120-32)77-18(2)89)130-69-36(80-21(5)92)48(104)61(29(13-88)126-69)133-74-58(114)63(134-76-65(53(109)42(98)26(10-85)124-76)136-68-34(78-19(3)90)45(101)39(95)23(7-82)121-68)44(100)31(128-74)15-118-75-64(135-70-37(81-22(6)93)49(105)60(28(12-87)127-70)132-73-57(113)52(108)41(97)25(9-84)123-73)54(110)43(99)30(129-75)14-116-67-35(79-20(4)91)47(103)59(27(11-86)125-67)131-72-56(112)51(107)40(96)24(8-83)122-72/h17,23-76,82-88,94-115H,7-16H2,1-6H3,(H,77,89)(H,78,90)(H,79,91)(H,80,92)(H,81,93)/t17-,23+,24+,25+,26+,27+,28+,29+,30+,31+,32+,33+,34+,35+,36+,37+,38+,39+,40-,41-,42+,43+,44+,45+,46+,47+,48+,49+,50+,51-,52-,53-,54-,55-,56+,57+,58-,59+,60+,61+,62+,63-,64-,65-,66?,67+,68-,69-,70-,71+,72-,73-,74-,75-,76+/m0/s1. The molecule has 11 heterocycles. The van der Waals surface area contributed by atoms with Gasteiger partial charge in [-0.1, -0.05) is 0 Å². The van der Waals surface area contributed by atoms with E-state index in [0.29, 0.717) is 0 Å². The predicted molar refractivity (Wildman–Crippen MR) is 419 cm³/mol. The molecule has 11 aliphatic heterocycles. The van der Waals surface area contributed by atoms with Crippen molar-refractivity contribution in [3.8, 4) is 0 Å². The Balaban J connectivity index is 0.959. The van der Waals surface area contributed by atoms with Crippen molar-refractivity contribution in [2.24, 2.45) is 0 Å². The zero-order valence-electron chi connectivity index (χ0n) is 73.4. The number of hydrogen-bond acceptors (Lipinski definition) is 55. The molecule has 34 N–H and O–H groups in total. The summed E-state index contributed by atoms with van der Waals surface area (Å²) in [5, 5.41) is 338. The van der Waals surface area contributed by atoms with E-state index < -0.39 is 433 Å². The average Bonchev–Trinajstić information content (AvgIpc) is 0.769. The molecule has 0 spiro atoms. The first kappa shape index (κ1) is 112. The maximum atomic E-state index is 13.4. The van der Waals surface area contributed by atoms with Crippen LogP contribution in [0.5, 0.6) is 0 Å². The van der Waals surface area contributed by atoms with E-state index in [4.69, 9.17) is 99.5 Å². The molecule has 60 nitrogen and oxygen atoms in total. The van der Waals surface area contributed by atoms with Gasteiger partial charge in [0.15, 0.2) is 69.2 Å². The Morgan fingerprint density at radius 3 is 0.890 bits per heavy atom. The van der Waals surface area contributed by atoms with Crippen LogP contribution in [0.3, 0.4) is 0 Å². The molecule has 0 bridgehead atoms. The number of hydrogen-bond donors (Lipinski definition) is 34. The highest BCUT2D eigenvalue weighted by molar-refractivity contribution is 5.75. The van der Waals surface area contributed by atoms with E-state index in [-0.39, 0.29) is 0 Å². The highest BCUT2D eigenvalue weighted by Crippen LogP contribution is 2.41. The van der Waals surface area contributed by atoms with Crippen molar-refractivity contribution in [3.63, 3.8) is 0 Å². The Morgan fingerprint density at radius 2 is 0.463 bits per heavy atom. The minimum atomic E-state index is -2.68. The van der Waals surface area contributed by atoms with Crippen molar-refractivity contribution in [2.75, 3.05) is 66.1 Å². The van der Waals surface area contributed by atoms with Gasteiger partial charge in [-0.2, -0.15) is 0 Å². The van der Waals surface area contributed by atoms with Gasteiger partial charge in [-0.05, 0) is 6.92 Å². The Morgan fingerprint density at radius 1 is 0.206 bits per heavy atom. The van der Waals surface area contributed by atoms with Crippen LogP contribution in [0, 0.1) is 0 Å². The fourth-order valence-electron chi connectivity index (χ4n) is 17.6. The minimum absolute atomic E-state index is 0.866. The van der Waals surface area contributed by atoms with Gasteiger partial charge in [-0.3, -0.25) is 24.0 Å². The largest absolute Gasteiger partial charge is 0.394 e. The molecule has 786 valence electrons. The van der Waals surface area contributed by atoms with E-state index in [1.54, 1.807) is 0 Å². The van der Waals surface area contributed by atoms with E-state index in [9.17, 15) is 172 Å². The third-order valence-corrected chi connectivity index (χ3v) is 24.9. The number of carbonyl (C=O) groups is 5. The van der Waals surface area contributed by atoms with Gasteiger partial charge in [0.25, 0.3) is 0 Å². The molecule has 5 amide bonds. The molecule has 0 aliphatic carbocycles. The van der Waals surface area contributed by atoms with Crippen LogP contribution in [0.1, 0.15) is 41.5 Å². The van der Waals surface area contributed by atoms with E-state index in [1.807, 2.05) is 0 Å². The molecule has 136 heavy (non-hydrogen) atoms. The second kappa shape index (κ2) is 48.8. The summed E-state index contributed by atoms with van der Waals surface area (Å²) in [6.45, 7) is -5.32. The number of aliphatic hydroxyl groups excluding tert-OH is 29. The SMILES string of the molecule is CC(=O)N[C@H]1[C@H](O[C@H]2[C@H](O)[C@@H](NC(C)=O)C(O)O[C@@H]2CO[C@@H]2O[C@@H](C)[C@@H](O)[C@@H](O)[C@@H]2O)O[C@H](CO)[C@@H](O[C@@H]2O[C@H](CO[C@H]3O[C@H](CO[C@@H]4O[C@H](CO)[C@@H](O[C@@H]5O[C@H](CO)[C@H](O)[C@H](O)[C@H]5O)[C@H](O)[C@H]4NC(C)=O)[C@@H](O)[C@H](O)[C@@H]3O[C@@H]3O[C@H](CO)[C@@H](O[C@@H]4O[C@H](CO)[C@H](O)[C@H](O)[C@H]4O)[C@H](O)[C@H]3NC(C)=O)[C@@H](O)[C@H](O[C@H]3O[C@H](CO)[C@@H](O)[C@H](O)[C@@H]3O[C@@H]3O[C@H](CO)[C@@H](O)[C@H](O)[C@H]3NC(C)=O)[C@@H]2O)[C@@H]1O. The van der Waals surface area contributed by atoms with E-state index in [1.165, 1.54) is 6.92 Å². The van der Waals surface area contributed by atoms with Gasteiger partial charge >= 0.3 is 0 Å². The van der Waals surface area contributed by atoms with Gasteiger partial charge in [-0.25, -0.2) is 0 Å². The van der Waals surface area contributed by atoms with Gasteiger partial charge in [-0.15, -0.1) is 0 Å². The molecule has 0 aromatic carbocycles. The number of rotatable bonds is 35. The number of nitrogens with one attached hydrogen (secondary N) is 5. The maximum Gasteiger partial charge on any atom is 0.217 e. The maximum absolute atomic E-state index is 13.4. The first-order chi connectivity index (χ1) is 64.3. The van der Waals surface area contributed by atoms with Gasteiger partial charge in [0, 0.05) is 34.6 Å². The average molecular weight is 1990 g/mol. The number of ether oxygens (including phenoxy) is 21. The fourth-order valence-corrected chi connectivity index (χ4v) is 17.6. The van der Waals surface area contributed by atoms with Crippen LogP contribution >= 0.6 is 0 Å². The molecule has 0 saturated carbocycles. The second-order valence-corrected chi connectivity index (χ2v) is 34.6. The smallest absolute Gasteiger partial charge is 0.217 e. The van der Waals surface area contributed by atoms with Crippen LogP contribution in [0.2, 0.25) is 0 Å². The molecule has 55 atom stereocenters. The molecule has 60 heteroatoms. The third-order valence-electron chi connectivity index (χ3n) is 24.9. The van der Waals surface area contributed by atoms with Crippen molar-refractivity contribution >= 4 is 29.5 Å². The molecule has 0 aromatic heterocycles. The summed E-state index contributed by atoms with van der Waals surface area (Å²) in [5.74, 6) is -4.76. The Bertz CT molecular complexity index is 3760. The lowest BCUT2D eigenvalue weighted by atomic mass is 9.93. The normalized spacial score (nSPS) is 49.2. The molecule has 0 aromatic rings. The highest BCUT2D eigenvalue weighted by atomic mass is 16.8. The highest BCUT2D eigenvalue weighted by Gasteiger charge is 2.62. The van der Waals surface area contributed by atoms with Crippen LogP contribution in [0.25, 0.3) is 0 Å². The number of carbonyl (C=O) groups excluding carboxylic acids is 5. The van der Waals surface area contributed by atoms with Crippen LogP contribution in [0.15, 0.2) is 0 Å². The summed E-state index contributed by atoms with van der Waals surface area (Å²) < 4.78 is 126. The summed E-state index contributed by atoms with van der Waals surface area (Å²) >= 11 is 0. The van der Waals surface area contributed by atoms with Crippen molar-refractivity contribution in [1.29, 1.82) is 0 Å². The monoisotopic (exact) mass is 1990 g/mol. The van der Waals surface area contributed by atoms with E-state index >= 15 is 0 Å². The van der Waals surface area contributed by atoms with Crippen LogP contribution in [0.4, 0.5) is 0 Å². The van der Waals surface area contributed by atoms with Crippen LogP contribution in [-0.4, -0.2) is 581 Å². The molecular formula is C76H127N5O55. The van der Waals surface area contributed by atoms with Crippen molar-refractivity contribution in [3.05, 3.63) is 0 Å². The Hall–Kier alpha value is -4.65. The molecular weight excluding hydrogens is 1860 g/mol. The van der Waals surface area contributed by atoms with Gasteiger partial charge in [0.05, 0.1) is 72.2 Å². The van der Waals surface area contributed by atoms with E-state index in [2.05, 4.69) is 26.6 Å². The van der Waals surface area contributed by atoms with Crippen LogP contribution < -0.4 is 26.6 Å². The van der Waals surface area contributed by atoms with Crippen molar-refractivity contribution < 1.29 is 272 Å².